The Morgan fingerprint density at radius 1 is 1.14 bits per heavy atom. The first-order valence-electron chi connectivity index (χ1n) is 9.68. The lowest BCUT2D eigenvalue weighted by atomic mass is 10.0. The topological polar surface area (TPSA) is 49.4 Å². The highest BCUT2D eigenvalue weighted by atomic mass is 35.5. The van der Waals surface area contributed by atoms with Crippen molar-refractivity contribution in [3.05, 3.63) is 64.2 Å². The van der Waals surface area contributed by atoms with Gasteiger partial charge in [-0.2, -0.15) is 0 Å². The number of amides is 2. The van der Waals surface area contributed by atoms with Crippen LogP contribution in [0.1, 0.15) is 43.4 Å². The number of aryl methyl sites for hydroxylation is 2. The summed E-state index contributed by atoms with van der Waals surface area (Å²) in [4.78, 5) is 28.2. The summed E-state index contributed by atoms with van der Waals surface area (Å²) in [6.07, 6.45) is 1.14. The average Bonchev–Trinajstić information content (AvgIpc) is 3.44. The van der Waals surface area contributed by atoms with E-state index >= 15 is 0 Å². The molecular weight excluding hydrogens is 372 g/mol. The quantitative estimate of drug-likeness (QED) is 0.687. The van der Waals surface area contributed by atoms with Gasteiger partial charge in [0.15, 0.2) is 0 Å². The molecule has 4 nitrogen and oxygen atoms in total. The molecule has 0 radical (unpaired) electrons. The number of rotatable bonds is 6. The van der Waals surface area contributed by atoms with E-state index in [-0.39, 0.29) is 17.9 Å². The normalized spacial score (nSPS) is 14.6. The van der Waals surface area contributed by atoms with Gasteiger partial charge in [-0.1, -0.05) is 48.0 Å². The number of halogens is 1. The van der Waals surface area contributed by atoms with Crippen molar-refractivity contribution in [2.75, 3.05) is 5.32 Å². The predicted molar refractivity (Wildman–Crippen MR) is 113 cm³/mol. The zero-order valence-corrected chi connectivity index (χ0v) is 17.6. The van der Waals surface area contributed by atoms with Crippen molar-refractivity contribution in [1.82, 2.24) is 4.90 Å². The van der Waals surface area contributed by atoms with Crippen molar-refractivity contribution in [3.8, 4) is 0 Å². The fourth-order valence-electron chi connectivity index (χ4n) is 3.51. The summed E-state index contributed by atoms with van der Waals surface area (Å²) in [5, 5.41) is 3.43. The summed E-state index contributed by atoms with van der Waals surface area (Å²) in [6, 6.07) is 13.7. The number of carbonyl (C=O) groups is 2. The summed E-state index contributed by atoms with van der Waals surface area (Å²) in [6.45, 7) is 8.33. The summed E-state index contributed by atoms with van der Waals surface area (Å²) in [5.74, 6) is -0.366. The highest BCUT2D eigenvalue weighted by Gasteiger charge is 2.58. The SMILES string of the molecule is Cc1cc(C)c(NC(=O)C2(C(=O)N(Cc3ccccc3)C(C)C)CC2)c(Cl)c1. The van der Waals surface area contributed by atoms with E-state index in [2.05, 4.69) is 5.32 Å². The van der Waals surface area contributed by atoms with Crippen LogP contribution in [0.25, 0.3) is 0 Å². The third-order valence-electron chi connectivity index (χ3n) is 5.34. The van der Waals surface area contributed by atoms with Crippen molar-refractivity contribution in [1.29, 1.82) is 0 Å². The fourth-order valence-corrected chi connectivity index (χ4v) is 3.88. The molecule has 0 unspecified atom stereocenters. The van der Waals surface area contributed by atoms with Gasteiger partial charge in [0.05, 0.1) is 10.7 Å². The number of nitrogens with one attached hydrogen (secondary N) is 1. The van der Waals surface area contributed by atoms with Crippen LogP contribution < -0.4 is 5.32 Å². The van der Waals surface area contributed by atoms with Crippen LogP contribution in [0, 0.1) is 19.3 Å². The van der Waals surface area contributed by atoms with E-state index in [9.17, 15) is 9.59 Å². The molecule has 0 aliphatic heterocycles. The maximum absolute atomic E-state index is 13.4. The number of benzene rings is 2. The summed E-state index contributed by atoms with van der Waals surface area (Å²) >= 11 is 6.34. The van der Waals surface area contributed by atoms with Gasteiger partial charge in [0.2, 0.25) is 11.8 Å². The Bertz CT molecular complexity index is 866. The first kappa shape index (κ1) is 20.4. The standard InChI is InChI=1S/C23H27ClN2O2/c1-15(2)26(14-18-8-6-5-7-9-18)22(28)23(10-11-23)21(27)25-20-17(4)12-16(3)13-19(20)24/h5-9,12-13,15H,10-11,14H2,1-4H3,(H,25,27). The zero-order chi connectivity index (χ0) is 20.5. The Hall–Kier alpha value is -2.33. The second kappa shape index (κ2) is 7.96. The molecular formula is C23H27ClN2O2. The molecule has 28 heavy (non-hydrogen) atoms. The molecule has 2 amide bonds. The van der Waals surface area contributed by atoms with Gasteiger partial charge >= 0.3 is 0 Å². The smallest absolute Gasteiger partial charge is 0.240 e. The van der Waals surface area contributed by atoms with Crippen LogP contribution >= 0.6 is 11.6 Å². The first-order valence-corrected chi connectivity index (χ1v) is 10.1. The van der Waals surface area contributed by atoms with E-state index < -0.39 is 5.41 Å². The van der Waals surface area contributed by atoms with Crippen LogP contribution in [0.5, 0.6) is 0 Å². The molecule has 1 saturated carbocycles. The number of carbonyl (C=O) groups excluding carboxylic acids is 2. The van der Waals surface area contributed by atoms with Crippen LogP contribution in [0.2, 0.25) is 5.02 Å². The van der Waals surface area contributed by atoms with Crippen LogP contribution in [0.15, 0.2) is 42.5 Å². The van der Waals surface area contributed by atoms with E-state index in [1.807, 2.05) is 70.2 Å². The second-order valence-electron chi connectivity index (χ2n) is 7.99. The molecule has 2 aromatic carbocycles. The van der Waals surface area contributed by atoms with Gasteiger partial charge in [-0.05, 0) is 63.3 Å². The number of hydrogen-bond acceptors (Lipinski definition) is 2. The van der Waals surface area contributed by atoms with Gasteiger partial charge < -0.3 is 10.2 Å². The molecule has 0 bridgehead atoms. The molecule has 1 N–H and O–H groups in total. The molecule has 1 aliphatic carbocycles. The van der Waals surface area contributed by atoms with E-state index in [1.165, 1.54) is 0 Å². The van der Waals surface area contributed by atoms with Gasteiger partial charge in [0, 0.05) is 12.6 Å². The average molecular weight is 399 g/mol. The molecule has 2 aromatic rings. The molecule has 3 rings (SSSR count). The van der Waals surface area contributed by atoms with E-state index in [0.29, 0.717) is 30.1 Å². The summed E-state index contributed by atoms with van der Waals surface area (Å²) < 4.78 is 0. The lowest BCUT2D eigenvalue weighted by molar-refractivity contribution is -0.144. The third-order valence-corrected chi connectivity index (χ3v) is 5.64. The minimum atomic E-state index is -0.986. The highest BCUT2D eigenvalue weighted by molar-refractivity contribution is 6.34. The van der Waals surface area contributed by atoms with Crippen molar-refractivity contribution < 1.29 is 9.59 Å². The molecule has 0 spiro atoms. The molecule has 1 aliphatic rings. The van der Waals surface area contributed by atoms with Crippen LogP contribution in [-0.2, 0) is 16.1 Å². The lowest BCUT2D eigenvalue weighted by Crippen LogP contribution is -2.45. The molecule has 5 heteroatoms. The van der Waals surface area contributed by atoms with Gasteiger partial charge in [0.25, 0.3) is 0 Å². The van der Waals surface area contributed by atoms with Crippen molar-refractivity contribution in [3.63, 3.8) is 0 Å². The Morgan fingerprint density at radius 2 is 1.79 bits per heavy atom. The Morgan fingerprint density at radius 3 is 2.32 bits per heavy atom. The van der Waals surface area contributed by atoms with Crippen molar-refractivity contribution in [2.24, 2.45) is 5.41 Å². The van der Waals surface area contributed by atoms with E-state index in [4.69, 9.17) is 11.6 Å². The van der Waals surface area contributed by atoms with Crippen molar-refractivity contribution in [2.45, 2.75) is 53.1 Å². The van der Waals surface area contributed by atoms with Gasteiger partial charge in [-0.3, -0.25) is 9.59 Å². The third kappa shape index (κ3) is 4.07. The van der Waals surface area contributed by atoms with Crippen LogP contribution in [0.3, 0.4) is 0 Å². The number of anilines is 1. The van der Waals surface area contributed by atoms with E-state index in [1.54, 1.807) is 4.90 Å². The van der Waals surface area contributed by atoms with Gasteiger partial charge in [-0.25, -0.2) is 0 Å². The molecule has 0 heterocycles. The minimum absolute atomic E-state index is 0.00248. The summed E-state index contributed by atoms with van der Waals surface area (Å²) in [7, 11) is 0. The fraction of sp³-hybridized carbons (Fsp3) is 0.391. The Balaban J connectivity index is 1.81. The number of hydrogen-bond donors (Lipinski definition) is 1. The predicted octanol–water partition coefficient (Wildman–Crippen LogP) is 5.11. The lowest BCUT2D eigenvalue weighted by Gasteiger charge is -2.30. The van der Waals surface area contributed by atoms with Gasteiger partial charge in [-0.15, -0.1) is 0 Å². The molecule has 1 fully saturated rings. The Labute approximate surface area is 171 Å². The Kier molecular flexibility index (Phi) is 5.80. The van der Waals surface area contributed by atoms with E-state index in [0.717, 1.165) is 16.7 Å². The molecule has 0 saturated heterocycles. The molecule has 148 valence electrons. The summed E-state index contributed by atoms with van der Waals surface area (Å²) in [5.41, 5.74) is 2.59. The maximum Gasteiger partial charge on any atom is 0.240 e. The largest absolute Gasteiger partial charge is 0.335 e. The minimum Gasteiger partial charge on any atom is -0.335 e. The van der Waals surface area contributed by atoms with Gasteiger partial charge in [0.1, 0.15) is 5.41 Å². The monoisotopic (exact) mass is 398 g/mol. The molecule has 0 atom stereocenters. The first-order chi connectivity index (χ1) is 13.2. The highest BCUT2D eigenvalue weighted by Crippen LogP contribution is 2.49. The van der Waals surface area contributed by atoms with Crippen LogP contribution in [-0.4, -0.2) is 22.8 Å². The molecule has 0 aromatic heterocycles. The maximum atomic E-state index is 13.4. The van der Waals surface area contributed by atoms with Crippen molar-refractivity contribution >= 4 is 29.1 Å². The second-order valence-corrected chi connectivity index (χ2v) is 8.39. The number of nitrogens with zero attached hydrogens (tertiary/aromatic N) is 1. The zero-order valence-electron chi connectivity index (χ0n) is 16.9. The van der Waals surface area contributed by atoms with Crippen LogP contribution in [0.4, 0.5) is 5.69 Å².